The van der Waals surface area contributed by atoms with E-state index in [-0.39, 0.29) is 12.0 Å². The Kier molecular flexibility index (Phi) is 5.13. The maximum absolute atomic E-state index is 11.5. The average Bonchev–Trinajstić information content (AvgIpc) is 3.06. The normalized spacial score (nSPS) is 12.3. The number of carbonyl (C=O) groups is 1. The van der Waals surface area contributed by atoms with Crippen LogP contribution in [-0.4, -0.2) is 13.1 Å². The Balaban J connectivity index is 2.02. The first-order valence-corrected chi connectivity index (χ1v) is 7.83. The van der Waals surface area contributed by atoms with Crippen LogP contribution in [0.15, 0.2) is 29.0 Å². The van der Waals surface area contributed by atoms with Crippen molar-refractivity contribution in [3.8, 4) is 0 Å². The number of rotatable bonds is 6. The number of esters is 1. The molecule has 2 rings (SSSR count). The minimum absolute atomic E-state index is 0.0222. The molecule has 5 heteroatoms. The Morgan fingerprint density at radius 1 is 1.37 bits per heavy atom. The third kappa shape index (κ3) is 3.89. The quantitative estimate of drug-likeness (QED) is 0.829. The van der Waals surface area contributed by atoms with Crippen molar-refractivity contribution in [3.63, 3.8) is 0 Å². The van der Waals surface area contributed by atoms with Gasteiger partial charge in [0.05, 0.1) is 19.6 Å². The first-order chi connectivity index (χ1) is 9.20. The molecule has 2 aromatic rings. The average molecular weight is 295 g/mol. The van der Waals surface area contributed by atoms with Crippen molar-refractivity contribution >= 4 is 28.6 Å². The van der Waals surface area contributed by atoms with Gasteiger partial charge in [0.2, 0.25) is 0 Å². The van der Waals surface area contributed by atoms with E-state index >= 15 is 0 Å². The Hall–Kier alpha value is -1.17. The van der Waals surface area contributed by atoms with Crippen LogP contribution < -0.4 is 5.32 Å². The van der Waals surface area contributed by atoms with Crippen LogP contribution in [0.4, 0.5) is 0 Å². The van der Waals surface area contributed by atoms with Gasteiger partial charge in [0, 0.05) is 16.3 Å². The molecular formula is C14H17NO2S2. The van der Waals surface area contributed by atoms with E-state index in [1.165, 1.54) is 22.4 Å². The van der Waals surface area contributed by atoms with Gasteiger partial charge in [-0.05, 0) is 35.4 Å². The highest BCUT2D eigenvalue weighted by atomic mass is 32.1. The van der Waals surface area contributed by atoms with E-state index in [0.29, 0.717) is 6.42 Å². The summed E-state index contributed by atoms with van der Waals surface area (Å²) in [6.45, 7) is 2.89. The lowest BCUT2D eigenvalue weighted by Crippen LogP contribution is -2.23. The molecule has 0 aliphatic rings. The SMILES string of the molecule is COC(=O)CC(NCc1sccc1C)c1cccs1. The van der Waals surface area contributed by atoms with E-state index < -0.39 is 0 Å². The van der Waals surface area contributed by atoms with Crippen LogP contribution in [-0.2, 0) is 16.1 Å². The van der Waals surface area contributed by atoms with Gasteiger partial charge < -0.3 is 10.1 Å². The number of ether oxygens (including phenoxy) is 1. The summed E-state index contributed by atoms with van der Waals surface area (Å²) in [5.41, 5.74) is 1.29. The van der Waals surface area contributed by atoms with Crippen molar-refractivity contribution < 1.29 is 9.53 Å². The zero-order chi connectivity index (χ0) is 13.7. The molecule has 2 aromatic heterocycles. The van der Waals surface area contributed by atoms with Gasteiger partial charge in [0.1, 0.15) is 0 Å². The summed E-state index contributed by atoms with van der Waals surface area (Å²) in [6, 6.07) is 6.19. The number of hydrogen-bond donors (Lipinski definition) is 1. The van der Waals surface area contributed by atoms with E-state index in [0.717, 1.165) is 6.54 Å². The van der Waals surface area contributed by atoms with Crippen LogP contribution >= 0.6 is 22.7 Å². The van der Waals surface area contributed by atoms with Crippen LogP contribution in [0.3, 0.4) is 0 Å². The Morgan fingerprint density at radius 3 is 2.79 bits per heavy atom. The summed E-state index contributed by atoms with van der Waals surface area (Å²) in [4.78, 5) is 14.0. The Morgan fingerprint density at radius 2 is 2.21 bits per heavy atom. The van der Waals surface area contributed by atoms with Crippen LogP contribution in [0.2, 0.25) is 0 Å². The van der Waals surface area contributed by atoms with Gasteiger partial charge in [-0.3, -0.25) is 4.79 Å². The first-order valence-electron chi connectivity index (χ1n) is 6.07. The molecule has 19 heavy (non-hydrogen) atoms. The van der Waals surface area contributed by atoms with E-state index in [2.05, 4.69) is 23.7 Å². The lowest BCUT2D eigenvalue weighted by atomic mass is 10.1. The van der Waals surface area contributed by atoms with Crippen molar-refractivity contribution in [2.75, 3.05) is 7.11 Å². The largest absolute Gasteiger partial charge is 0.469 e. The highest BCUT2D eigenvalue weighted by Gasteiger charge is 2.17. The van der Waals surface area contributed by atoms with Crippen molar-refractivity contribution in [2.24, 2.45) is 0 Å². The van der Waals surface area contributed by atoms with Gasteiger partial charge >= 0.3 is 5.97 Å². The fourth-order valence-corrected chi connectivity index (χ4v) is 3.47. The van der Waals surface area contributed by atoms with E-state index in [1.54, 1.807) is 22.7 Å². The lowest BCUT2D eigenvalue weighted by Gasteiger charge is -2.16. The van der Waals surface area contributed by atoms with Crippen molar-refractivity contribution in [2.45, 2.75) is 25.9 Å². The fourth-order valence-electron chi connectivity index (χ4n) is 1.81. The molecule has 0 saturated carbocycles. The number of nitrogens with one attached hydrogen (secondary N) is 1. The second-order valence-electron chi connectivity index (χ2n) is 4.26. The maximum Gasteiger partial charge on any atom is 0.307 e. The van der Waals surface area contributed by atoms with Crippen molar-refractivity contribution in [1.29, 1.82) is 0 Å². The van der Waals surface area contributed by atoms with Gasteiger partial charge in [0.15, 0.2) is 0 Å². The number of aryl methyl sites for hydroxylation is 1. The predicted molar refractivity (Wildman–Crippen MR) is 79.6 cm³/mol. The molecule has 1 N–H and O–H groups in total. The highest BCUT2D eigenvalue weighted by molar-refractivity contribution is 7.10. The third-order valence-electron chi connectivity index (χ3n) is 2.96. The van der Waals surface area contributed by atoms with Crippen molar-refractivity contribution in [1.82, 2.24) is 5.32 Å². The van der Waals surface area contributed by atoms with Crippen LogP contribution in [0.1, 0.15) is 27.8 Å². The molecule has 1 unspecified atom stereocenters. The second-order valence-corrected chi connectivity index (χ2v) is 6.24. The topological polar surface area (TPSA) is 38.3 Å². The van der Waals surface area contributed by atoms with E-state index in [1.807, 2.05) is 17.5 Å². The first kappa shape index (κ1) is 14.2. The zero-order valence-corrected chi connectivity index (χ0v) is 12.6. The summed E-state index contributed by atoms with van der Waals surface area (Å²) in [7, 11) is 1.43. The van der Waals surface area contributed by atoms with Gasteiger partial charge in [0.25, 0.3) is 0 Å². The molecule has 0 fully saturated rings. The molecule has 0 aliphatic heterocycles. The zero-order valence-electron chi connectivity index (χ0n) is 11.0. The third-order valence-corrected chi connectivity index (χ3v) is 4.97. The predicted octanol–water partition coefficient (Wildman–Crippen LogP) is 3.51. The molecule has 2 heterocycles. The highest BCUT2D eigenvalue weighted by Crippen LogP contribution is 2.24. The molecule has 3 nitrogen and oxygen atoms in total. The fraction of sp³-hybridized carbons (Fsp3) is 0.357. The molecule has 0 spiro atoms. The minimum atomic E-state index is -0.186. The van der Waals surface area contributed by atoms with E-state index in [9.17, 15) is 4.79 Å². The van der Waals surface area contributed by atoms with Crippen molar-refractivity contribution in [3.05, 3.63) is 44.3 Å². The number of thiophene rings is 2. The maximum atomic E-state index is 11.5. The van der Waals surface area contributed by atoms with Gasteiger partial charge in [-0.2, -0.15) is 0 Å². The lowest BCUT2D eigenvalue weighted by molar-refractivity contribution is -0.141. The van der Waals surface area contributed by atoms with Crippen LogP contribution in [0.5, 0.6) is 0 Å². The monoisotopic (exact) mass is 295 g/mol. The summed E-state index contributed by atoms with van der Waals surface area (Å²) < 4.78 is 4.77. The van der Waals surface area contributed by atoms with E-state index in [4.69, 9.17) is 4.74 Å². The number of hydrogen-bond acceptors (Lipinski definition) is 5. The molecule has 0 aliphatic carbocycles. The smallest absolute Gasteiger partial charge is 0.307 e. The minimum Gasteiger partial charge on any atom is -0.469 e. The summed E-state index contributed by atoms with van der Waals surface area (Å²) in [5, 5.41) is 7.57. The molecule has 1 atom stereocenters. The molecular weight excluding hydrogens is 278 g/mol. The molecule has 102 valence electrons. The number of carbonyl (C=O) groups excluding carboxylic acids is 1. The van der Waals surface area contributed by atoms with Crippen LogP contribution in [0, 0.1) is 6.92 Å². The molecule has 0 bridgehead atoms. The molecule has 0 aromatic carbocycles. The van der Waals surface area contributed by atoms with Crippen LogP contribution in [0.25, 0.3) is 0 Å². The molecule has 0 radical (unpaired) electrons. The molecule has 0 amide bonds. The second kappa shape index (κ2) is 6.84. The van der Waals surface area contributed by atoms with Gasteiger partial charge in [-0.25, -0.2) is 0 Å². The summed E-state index contributed by atoms with van der Waals surface area (Å²) in [6.07, 6.45) is 0.363. The Bertz CT molecular complexity index is 519. The summed E-state index contributed by atoms with van der Waals surface area (Å²) in [5.74, 6) is -0.186. The van der Waals surface area contributed by atoms with Gasteiger partial charge in [-0.1, -0.05) is 6.07 Å². The summed E-state index contributed by atoms with van der Waals surface area (Å²) >= 11 is 3.40. The Labute approximate surface area is 121 Å². The molecule has 0 saturated heterocycles. The standard InChI is InChI=1S/C14H17NO2S2/c1-10-5-7-19-13(10)9-15-11(8-14(16)17-2)12-4-3-6-18-12/h3-7,11,15H,8-9H2,1-2H3. The number of methoxy groups -OCH3 is 1. The van der Waals surface area contributed by atoms with Gasteiger partial charge in [-0.15, -0.1) is 22.7 Å².